The fourth-order valence-electron chi connectivity index (χ4n) is 2.61. The summed E-state index contributed by atoms with van der Waals surface area (Å²) in [6.07, 6.45) is 1.28. The van der Waals surface area contributed by atoms with E-state index in [-0.39, 0.29) is 5.03 Å². The minimum atomic E-state index is -3.73. The van der Waals surface area contributed by atoms with Gasteiger partial charge in [-0.05, 0) is 25.0 Å². The Bertz CT molecular complexity index is 813. The van der Waals surface area contributed by atoms with E-state index in [0.29, 0.717) is 25.1 Å². The summed E-state index contributed by atoms with van der Waals surface area (Å²) in [6, 6.07) is 15.8. The maximum Gasteiger partial charge on any atom is 0.261 e. The van der Waals surface area contributed by atoms with E-state index in [9.17, 15) is 8.42 Å². The third kappa shape index (κ3) is 2.61. The number of rotatable bonds is 3. The third-order valence-corrected chi connectivity index (χ3v) is 5.53. The van der Waals surface area contributed by atoms with Crippen LogP contribution in [0.15, 0.2) is 53.6 Å². The van der Waals surface area contributed by atoms with E-state index in [1.807, 2.05) is 30.3 Å². The fraction of sp³-hybridized carbons (Fsp3) is 0.250. The Morgan fingerprint density at radius 3 is 2.64 bits per heavy atom. The Morgan fingerprint density at radius 2 is 1.91 bits per heavy atom. The average Bonchev–Trinajstić information content (AvgIpc) is 3.05. The van der Waals surface area contributed by atoms with Crippen molar-refractivity contribution in [2.24, 2.45) is 0 Å². The Kier molecular flexibility index (Phi) is 3.92. The normalized spacial score (nSPS) is 19.0. The number of pyridine rings is 1. The lowest BCUT2D eigenvalue weighted by Crippen LogP contribution is -2.35. The molecule has 22 heavy (non-hydrogen) atoms. The van der Waals surface area contributed by atoms with E-state index in [4.69, 9.17) is 5.26 Å². The predicted molar refractivity (Wildman–Crippen MR) is 82.2 cm³/mol. The summed E-state index contributed by atoms with van der Waals surface area (Å²) in [5, 5.41) is 9.10. The first-order chi connectivity index (χ1) is 10.6. The molecule has 3 rings (SSSR count). The van der Waals surface area contributed by atoms with Crippen LogP contribution in [0.4, 0.5) is 0 Å². The summed E-state index contributed by atoms with van der Waals surface area (Å²) in [4.78, 5) is 4.29. The number of nitriles is 1. The molecule has 0 saturated carbocycles. The number of aromatic nitrogens is 1. The molecule has 1 atom stereocenters. The van der Waals surface area contributed by atoms with Gasteiger partial charge in [0.25, 0.3) is 10.0 Å². The first-order valence-corrected chi connectivity index (χ1v) is 8.51. The molecular weight excluding hydrogens is 298 g/mol. The van der Waals surface area contributed by atoms with Gasteiger partial charge in [-0.1, -0.05) is 36.4 Å². The highest BCUT2D eigenvalue weighted by molar-refractivity contribution is 7.89. The van der Waals surface area contributed by atoms with Crippen molar-refractivity contribution in [1.29, 1.82) is 5.26 Å². The van der Waals surface area contributed by atoms with E-state index >= 15 is 0 Å². The minimum Gasteiger partial charge on any atom is -0.235 e. The molecule has 5 nitrogen and oxygen atoms in total. The van der Waals surface area contributed by atoms with Crippen LogP contribution in [0.2, 0.25) is 0 Å². The summed E-state index contributed by atoms with van der Waals surface area (Å²) >= 11 is 0. The second-order valence-electron chi connectivity index (χ2n) is 5.13. The van der Waals surface area contributed by atoms with Gasteiger partial charge in [0.1, 0.15) is 6.04 Å². The second-order valence-corrected chi connectivity index (χ2v) is 6.97. The van der Waals surface area contributed by atoms with Crippen molar-refractivity contribution in [2.75, 3.05) is 6.54 Å². The number of sulfonamides is 1. The second kappa shape index (κ2) is 5.87. The molecule has 1 aliphatic rings. The molecule has 1 aliphatic heterocycles. The fourth-order valence-corrected chi connectivity index (χ4v) is 4.17. The van der Waals surface area contributed by atoms with E-state index in [1.165, 1.54) is 10.4 Å². The molecule has 0 aliphatic carbocycles. The van der Waals surface area contributed by atoms with Gasteiger partial charge in [-0.2, -0.15) is 9.57 Å². The van der Waals surface area contributed by atoms with Crippen molar-refractivity contribution in [1.82, 2.24) is 9.29 Å². The van der Waals surface area contributed by atoms with Gasteiger partial charge in [-0.25, -0.2) is 13.4 Å². The topological polar surface area (TPSA) is 74.1 Å². The number of nitrogens with zero attached hydrogens (tertiary/aromatic N) is 3. The maximum atomic E-state index is 12.7. The van der Waals surface area contributed by atoms with E-state index in [2.05, 4.69) is 11.1 Å². The summed E-state index contributed by atoms with van der Waals surface area (Å²) in [5.74, 6) is 0. The van der Waals surface area contributed by atoms with Crippen molar-refractivity contribution in [3.8, 4) is 17.3 Å². The summed E-state index contributed by atoms with van der Waals surface area (Å²) in [7, 11) is -3.73. The van der Waals surface area contributed by atoms with Crippen molar-refractivity contribution in [3.05, 3.63) is 48.5 Å². The molecule has 1 fully saturated rings. The van der Waals surface area contributed by atoms with Crippen molar-refractivity contribution < 1.29 is 8.42 Å². The highest BCUT2D eigenvalue weighted by atomic mass is 32.2. The molecule has 1 aromatic heterocycles. The largest absolute Gasteiger partial charge is 0.261 e. The molecule has 0 radical (unpaired) electrons. The van der Waals surface area contributed by atoms with E-state index < -0.39 is 16.1 Å². The van der Waals surface area contributed by atoms with Gasteiger partial charge in [-0.15, -0.1) is 0 Å². The molecule has 0 spiro atoms. The van der Waals surface area contributed by atoms with Gasteiger partial charge in [0.15, 0.2) is 5.03 Å². The van der Waals surface area contributed by atoms with Crippen LogP contribution >= 0.6 is 0 Å². The highest BCUT2D eigenvalue weighted by Gasteiger charge is 2.36. The van der Waals surface area contributed by atoms with E-state index in [1.54, 1.807) is 12.1 Å². The maximum absolute atomic E-state index is 12.7. The summed E-state index contributed by atoms with van der Waals surface area (Å²) in [5.41, 5.74) is 1.46. The van der Waals surface area contributed by atoms with Gasteiger partial charge in [0.2, 0.25) is 0 Å². The Morgan fingerprint density at radius 1 is 1.14 bits per heavy atom. The zero-order valence-corrected chi connectivity index (χ0v) is 12.7. The van der Waals surface area contributed by atoms with Crippen molar-refractivity contribution in [3.63, 3.8) is 0 Å². The molecule has 1 saturated heterocycles. The van der Waals surface area contributed by atoms with Crippen LogP contribution in [-0.4, -0.2) is 30.3 Å². The highest BCUT2D eigenvalue weighted by Crippen LogP contribution is 2.26. The quantitative estimate of drug-likeness (QED) is 0.872. The van der Waals surface area contributed by atoms with Crippen LogP contribution in [0, 0.1) is 11.3 Å². The Balaban J connectivity index is 2.00. The van der Waals surface area contributed by atoms with Gasteiger partial charge in [-0.3, -0.25) is 0 Å². The summed E-state index contributed by atoms with van der Waals surface area (Å²) in [6.45, 7) is 0.373. The lowest BCUT2D eigenvalue weighted by Gasteiger charge is -2.18. The van der Waals surface area contributed by atoms with Crippen molar-refractivity contribution in [2.45, 2.75) is 23.9 Å². The van der Waals surface area contributed by atoms with Crippen molar-refractivity contribution >= 4 is 10.0 Å². The monoisotopic (exact) mass is 313 g/mol. The Labute approximate surface area is 129 Å². The average molecular weight is 313 g/mol. The lowest BCUT2D eigenvalue weighted by atomic mass is 10.1. The first kappa shape index (κ1) is 14.7. The van der Waals surface area contributed by atoms with Crippen LogP contribution in [0.25, 0.3) is 11.3 Å². The predicted octanol–water partition coefficient (Wildman–Crippen LogP) is 2.43. The third-order valence-electron chi connectivity index (χ3n) is 3.72. The van der Waals surface area contributed by atoms with Gasteiger partial charge >= 0.3 is 0 Å². The minimum absolute atomic E-state index is 0.00370. The van der Waals surface area contributed by atoms with Crippen LogP contribution in [0.5, 0.6) is 0 Å². The number of hydrogen-bond acceptors (Lipinski definition) is 4. The lowest BCUT2D eigenvalue weighted by molar-refractivity contribution is 0.435. The molecule has 1 aromatic carbocycles. The van der Waals surface area contributed by atoms with Crippen LogP contribution in [-0.2, 0) is 10.0 Å². The molecule has 6 heteroatoms. The Hall–Kier alpha value is -2.23. The molecule has 2 heterocycles. The smallest absolute Gasteiger partial charge is 0.235 e. The van der Waals surface area contributed by atoms with Gasteiger partial charge in [0.05, 0.1) is 11.8 Å². The van der Waals surface area contributed by atoms with E-state index in [0.717, 1.165) is 5.56 Å². The zero-order valence-electron chi connectivity index (χ0n) is 11.9. The molecular formula is C16H15N3O2S. The van der Waals surface area contributed by atoms with Crippen LogP contribution in [0.1, 0.15) is 12.8 Å². The van der Waals surface area contributed by atoms with Gasteiger partial charge in [0, 0.05) is 12.1 Å². The van der Waals surface area contributed by atoms with Crippen LogP contribution in [0.3, 0.4) is 0 Å². The van der Waals surface area contributed by atoms with Gasteiger partial charge < -0.3 is 0 Å². The number of hydrogen-bond donors (Lipinski definition) is 0. The molecule has 0 bridgehead atoms. The molecule has 2 aromatic rings. The zero-order chi connectivity index (χ0) is 15.6. The first-order valence-electron chi connectivity index (χ1n) is 7.07. The molecule has 0 amide bonds. The number of benzene rings is 1. The SMILES string of the molecule is N#C[C@H]1CCCN1S(=O)(=O)c1cccc(-c2ccccc2)n1. The molecule has 0 N–H and O–H groups in total. The molecule has 0 unspecified atom stereocenters. The summed E-state index contributed by atoms with van der Waals surface area (Å²) < 4.78 is 26.7. The standard InChI is InChI=1S/C16H15N3O2S/c17-12-14-8-5-11-19(14)22(20,21)16-10-4-9-15(18-16)13-6-2-1-3-7-13/h1-4,6-7,9-10,14H,5,8,11H2/t14-/m1/s1. The molecule has 112 valence electrons. The van der Waals surface area contributed by atoms with Crippen LogP contribution < -0.4 is 0 Å².